The highest BCUT2D eigenvalue weighted by atomic mass is 19.4. The molecule has 2 heterocycles. The van der Waals surface area contributed by atoms with Crippen molar-refractivity contribution in [3.05, 3.63) is 41.8 Å². The number of ether oxygens (including phenoxy) is 1. The first-order valence-corrected chi connectivity index (χ1v) is 9.29. The SMILES string of the molecule is CC(=O)NC1CCN(c2cc(CF)nc(-c3ccc(OC(F)(F)F)c(F)c3)c2)CC1. The Kier molecular flexibility index (Phi) is 6.42. The Morgan fingerprint density at radius 3 is 2.50 bits per heavy atom. The van der Waals surface area contributed by atoms with E-state index in [2.05, 4.69) is 15.0 Å². The molecule has 0 radical (unpaired) electrons. The van der Waals surface area contributed by atoms with Gasteiger partial charge >= 0.3 is 6.36 Å². The number of halogens is 5. The first-order valence-electron chi connectivity index (χ1n) is 9.29. The van der Waals surface area contributed by atoms with Crippen LogP contribution >= 0.6 is 0 Å². The van der Waals surface area contributed by atoms with E-state index in [1.54, 1.807) is 12.1 Å². The minimum absolute atomic E-state index is 0.0657. The van der Waals surface area contributed by atoms with E-state index >= 15 is 0 Å². The number of hydrogen-bond acceptors (Lipinski definition) is 4. The second kappa shape index (κ2) is 8.85. The smallest absolute Gasteiger partial charge is 0.403 e. The van der Waals surface area contributed by atoms with Gasteiger partial charge in [0.15, 0.2) is 11.6 Å². The highest BCUT2D eigenvalue weighted by Crippen LogP contribution is 2.31. The molecule has 0 atom stereocenters. The number of benzene rings is 1. The number of pyridine rings is 1. The molecule has 0 bridgehead atoms. The summed E-state index contributed by atoms with van der Waals surface area (Å²) in [6, 6.07) is 6.26. The number of aromatic nitrogens is 1. The molecule has 1 amide bonds. The van der Waals surface area contributed by atoms with Crippen molar-refractivity contribution in [1.82, 2.24) is 10.3 Å². The van der Waals surface area contributed by atoms with Crippen molar-refractivity contribution in [2.24, 2.45) is 0 Å². The summed E-state index contributed by atoms with van der Waals surface area (Å²) >= 11 is 0. The lowest BCUT2D eigenvalue weighted by molar-refractivity contribution is -0.275. The van der Waals surface area contributed by atoms with Crippen LogP contribution in [-0.4, -0.2) is 36.4 Å². The minimum atomic E-state index is -5.01. The molecule has 1 aliphatic heterocycles. The summed E-state index contributed by atoms with van der Waals surface area (Å²) in [5.41, 5.74) is 1.24. The Bertz CT molecular complexity index is 912. The van der Waals surface area contributed by atoms with E-state index in [0.717, 1.165) is 12.1 Å². The van der Waals surface area contributed by atoms with Gasteiger partial charge in [0.2, 0.25) is 5.91 Å². The van der Waals surface area contributed by atoms with E-state index in [0.29, 0.717) is 31.6 Å². The van der Waals surface area contributed by atoms with E-state index in [1.165, 1.54) is 13.0 Å². The largest absolute Gasteiger partial charge is 0.573 e. The summed E-state index contributed by atoms with van der Waals surface area (Å²) in [5, 5.41) is 2.87. The van der Waals surface area contributed by atoms with E-state index in [-0.39, 0.29) is 28.9 Å². The predicted octanol–water partition coefficient (Wildman–Crippen LogP) is 4.36. The zero-order valence-electron chi connectivity index (χ0n) is 16.1. The first kappa shape index (κ1) is 21.8. The van der Waals surface area contributed by atoms with Crippen LogP contribution in [-0.2, 0) is 11.5 Å². The fourth-order valence-electron chi connectivity index (χ4n) is 3.41. The fourth-order valence-corrected chi connectivity index (χ4v) is 3.41. The number of anilines is 1. The molecule has 3 rings (SSSR count). The lowest BCUT2D eigenvalue weighted by atomic mass is 10.0. The molecule has 10 heteroatoms. The van der Waals surface area contributed by atoms with Crippen LogP contribution in [0.3, 0.4) is 0 Å². The Balaban J connectivity index is 1.83. The Hall–Kier alpha value is -2.91. The number of rotatable bonds is 5. The highest BCUT2D eigenvalue weighted by molar-refractivity contribution is 5.73. The summed E-state index contributed by atoms with van der Waals surface area (Å²) in [6.45, 7) is 1.85. The van der Waals surface area contributed by atoms with Crippen LogP contribution in [0.15, 0.2) is 30.3 Å². The average Bonchev–Trinajstić information content (AvgIpc) is 2.68. The summed E-state index contributed by atoms with van der Waals surface area (Å²) < 4.78 is 68.1. The van der Waals surface area contributed by atoms with Gasteiger partial charge in [0.1, 0.15) is 6.67 Å². The van der Waals surface area contributed by atoms with Gasteiger partial charge in [0.05, 0.1) is 11.4 Å². The summed E-state index contributed by atoms with van der Waals surface area (Å²) in [6.07, 6.45) is -3.59. The third-order valence-electron chi connectivity index (χ3n) is 4.72. The van der Waals surface area contributed by atoms with Crippen molar-refractivity contribution in [2.75, 3.05) is 18.0 Å². The van der Waals surface area contributed by atoms with Gasteiger partial charge in [-0.25, -0.2) is 13.8 Å². The first-order chi connectivity index (χ1) is 14.1. The van der Waals surface area contributed by atoms with Crippen molar-refractivity contribution in [3.8, 4) is 17.0 Å². The average molecular weight is 429 g/mol. The molecule has 30 heavy (non-hydrogen) atoms. The molecule has 1 fully saturated rings. The molecule has 2 aromatic rings. The third kappa shape index (κ3) is 5.58. The van der Waals surface area contributed by atoms with Crippen molar-refractivity contribution in [3.63, 3.8) is 0 Å². The van der Waals surface area contributed by atoms with Crippen LogP contribution in [0.2, 0.25) is 0 Å². The molecule has 1 saturated heterocycles. The molecule has 0 aliphatic carbocycles. The number of amides is 1. The fraction of sp³-hybridized carbons (Fsp3) is 0.400. The zero-order valence-corrected chi connectivity index (χ0v) is 16.1. The second-order valence-electron chi connectivity index (χ2n) is 6.99. The number of nitrogens with zero attached hydrogens (tertiary/aromatic N) is 2. The monoisotopic (exact) mass is 429 g/mol. The standard InChI is InChI=1S/C20H20F5N3O2/c1-12(29)26-14-4-6-28(7-5-14)16-9-15(11-21)27-18(10-16)13-2-3-19(17(22)8-13)30-20(23,24)25/h2-3,8-10,14H,4-7,11H2,1H3,(H,26,29). The summed E-state index contributed by atoms with van der Waals surface area (Å²) in [4.78, 5) is 17.3. The van der Waals surface area contributed by atoms with Crippen molar-refractivity contribution in [1.29, 1.82) is 0 Å². The molecule has 0 spiro atoms. The maximum absolute atomic E-state index is 14.1. The zero-order chi connectivity index (χ0) is 21.9. The van der Waals surface area contributed by atoms with E-state index < -0.39 is 24.6 Å². The van der Waals surface area contributed by atoms with E-state index in [9.17, 15) is 26.7 Å². The maximum atomic E-state index is 14.1. The Labute approximate surface area is 169 Å². The van der Waals surface area contributed by atoms with Crippen LogP contribution in [0.5, 0.6) is 5.75 Å². The van der Waals surface area contributed by atoms with Gasteiger partial charge in [-0.05, 0) is 43.2 Å². The Morgan fingerprint density at radius 1 is 1.23 bits per heavy atom. The van der Waals surface area contributed by atoms with E-state index in [4.69, 9.17) is 0 Å². The highest BCUT2D eigenvalue weighted by Gasteiger charge is 2.32. The molecule has 1 aromatic carbocycles. The van der Waals surface area contributed by atoms with Crippen molar-refractivity contribution < 1.29 is 31.5 Å². The predicted molar refractivity (Wildman–Crippen MR) is 100 cm³/mol. The van der Waals surface area contributed by atoms with Gasteiger partial charge in [0, 0.05) is 37.3 Å². The van der Waals surface area contributed by atoms with Gasteiger partial charge in [0.25, 0.3) is 0 Å². The lowest BCUT2D eigenvalue weighted by Gasteiger charge is -2.34. The van der Waals surface area contributed by atoms with Gasteiger partial charge < -0.3 is 15.0 Å². The number of hydrogen-bond donors (Lipinski definition) is 1. The third-order valence-corrected chi connectivity index (χ3v) is 4.72. The number of carbonyl (C=O) groups excluding carboxylic acids is 1. The van der Waals surface area contributed by atoms with Gasteiger partial charge in [-0.1, -0.05) is 0 Å². The molecule has 1 aliphatic rings. The van der Waals surface area contributed by atoms with Crippen LogP contribution in [0.25, 0.3) is 11.3 Å². The van der Waals surface area contributed by atoms with E-state index in [1.807, 2.05) is 4.90 Å². The molecule has 1 N–H and O–H groups in total. The Morgan fingerprint density at radius 2 is 1.93 bits per heavy atom. The quantitative estimate of drug-likeness (QED) is 0.718. The lowest BCUT2D eigenvalue weighted by Crippen LogP contribution is -2.44. The van der Waals surface area contributed by atoms with Crippen LogP contribution in [0, 0.1) is 5.82 Å². The van der Waals surface area contributed by atoms with Gasteiger partial charge in [-0.3, -0.25) is 4.79 Å². The van der Waals surface area contributed by atoms with Crippen LogP contribution < -0.4 is 15.0 Å². The minimum Gasteiger partial charge on any atom is -0.403 e. The molecule has 0 unspecified atom stereocenters. The topological polar surface area (TPSA) is 54.5 Å². The van der Waals surface area contributed by atoms with Gasteiger partial charge in [-0.2, -0.15) is 0 Å². The number of nitrogens with one attached hydrogen (secondary N) is 1. The molecule has 1 aromatic heterocycles. The van der Waals surface area contributed by atoms with Crippen LogP contribution in [0.1, 0.15) is 25.5 Å². The normalized spacial score (nSPS) is 15.2. The van der Waals surface area contributed by atoms with Crippen molar-refractivity contribution in [2.45, 2.75) is 38.8 Å². The van der Waals surface area contributed by atoms with Gasteiger partial charge in [-0.15, -0.1) is 13.2 Å². The maximum Gasteiger partial charge on any atom is 0.573 e. The summed E-state index contributed by atoms with van der Waals surface area (Å²) in [7, 11) is 0. The number of alkyl halides is 4. The number of piperidine rings is 1. The molecule has 162 valence electrons. The summed E-state index contributed by atoms with van der Waals surface area (Å²) in [5.74, 6) is -2.25. The molecular weight excluding hydrogens is 409 g/mol. The van der Waals surface area contributed by atoms with Crippen molar-refractivity contribution >= 4 is 11.6 Å². The molecular formula is C20H20F5N3O2. The van der Waals surface area contributed by atoms with Crippen LogP contribution in [0.4, 0.5) is 27.6 Å². The molecule has 0 saturated carbocycles. The second-order valence-corrected chi connectivity index (χ2v) is 6.99. The number of carbonyl (C=O) groups is 1. The molecule has 5 nitrogen and oxygen atoms in total.